The van der Waals surface area contributed by atoms with E-state index in [2.05, 4.69) is 12.2 Å². The molecule has 16 heavy (non-hydrogen) atoms. The summed E-state index contributed by atoms with van der Waals surface area (Å²) in [6.07, 6.45) is 3.41. The van der Waals surface area contributed by atoms with Crippen molar-refractivity contribution >= 4 is 0 Å². The predicted octanol–water partition coefficient (Wildman–Crippen LogP) is 1.20. The van der Waals surface area contributed by atoms with Crippen molar-refractivity contribution in [3.05, 3.63) is 0 Å². The highest BCUT2D eigenvalue weighted by atomic mass is 16.5. The van der Waals surface area contributed by atoms with E-state index >= 15 is 0 Å². The standard InChI is InChI=1S/C12H25NO3/c1-12(5-3-7-16-11-12)13-6-4-8-15-10-9-14-2/h13H,3-11H2,1-2H3. The smallest absolute Gasteiger partial charge is 0.0700 e. The van der Waals surface area contributed by atoms with Crippen molar-refractivity contribution in [2.75, 3.05) is 46.7 Å². The Kier molecular flexibility index (Phi) is 6.96. The first kappa shape index (κ1) is 13.9. The van der Waals surface area contributed by atoms with Crippen molar-refractivity contribution in [1.82, 2.24) is 5.32 Å². The summed E-state index contributed by atoms with van der Waals surface area (Å²) in [4.78, 5) is 0. The maximum atomic E-state index is 5.48. The van der Waals surface area contributed by atoms with Crippen LogP contribution >= 0.6 is 0 Å². The van der Waals surface area contributed by atoms with Gasteiger partial charge in [-0.05, 0) is 32.7 Å². The molecule has 1 aliphatic heterocycles. The van der Waals surface area contributed by atoms with Crippen LogP contribution in [0.3, 0.4) is 0 Å². The van der Waals surface area contributed by atoms with Crippen molar-refractivity contribution in [2.45, 2.75) is 31.7 Å². The Morgan fingerprint density at radius 2 is 2.19 bits per heavy atom. The highest BCUT2D eigenvalue weighted by Crippen LogP contribution is 2.17. The van der Waals surface area contributed by atoms with Crippen molar-refractivity contribution in [3.8, 4) is 0 Å². The quantitative estimate of drug-likeness (QED) is 0.637. The Morgan fingerprint density at radius 1 is 1.31 bits per heavy atom. The molecule has 1 unspecified atom stereocenters. The van der Waals surface area contributed by atoms with Gasteiger partial charge in [-0.1, -0.05) is 0 Å². The molecule has 1 saturated heterocycles. The molecular weight excluding hydrogens is 206 g/mol. The van der Waals surface area contributed by atoms with E-state index in [1.807, 2.05) is 0 Å². The topological polar surface area (TPSA) is 39.7 Å². The first-order valence-electron chi connectivity index (χ1n) is 6.16. The lowest BCUT2D eigenvalue weighted by molar-refractivity contribution is 0.0262. The summed E-state index contributed by atoms with van der Waals surface area (Å²) in [5.74, 6) is 0. The first-order valence-corrected chi connectivity index (χ1v) is 6.16. The van der Waals surface area contributed by atoms with E-state index in [1.54, 1.807) is 7.11 Å². The Hall–Kier alpha value is -0.160. The summed E-state index contributed by atoms with van der Waals surface area (Å²) in [6, 6.07) is 0. The monoisotopic (exact) mass is 231 g/mol. The zero-order valence-electron chi connectivity index (χ0n) is 10.6. The Balaban J connectivity index is 1.93. The summed E-state index contributed by atoms with van der Waals surface area (Å²) < 4.78 is 15.8. The minimum absolute atomic E-state index is 0.171. The second-order valence-corrected chi connectivity index (χ2v) is 4.60. The molecule has 1 atom stereocenters. The van der Waals surface area contributed by atoms with Crippen LogP contribution in [0.25, 0.3) is 0 Å². The van der Waals surface area contributed by atoms with E-state index in [0.29, 0.717) is 13.2 Å². The van der Waals surface area contributed by atoms with Gasteiger partial charge in [0.2, 0.25) is 0 Å². The normalized spacial score (nSPS) is 25.9. The Bertz CT molecular complexity index is 170. The number of hydrogen-bond acceptors (Lipinski definition) is 4. The Morgan fingerprint density at radius 3 is 2.88 bits per heavy atom. The number of methoxy groups -OCH3 is 1. The van der Waals surface area contributed by atoms with E-state index in [9.17, 15) is 0 Å². The highest BCUT2D eigenvalue weighted by Gasteiger charge is 2.26. The van der Waals surface area contributed by atoms with Gasteiger partial charge in [-0.2, -0.15) is 0 Å². The summed E-state index contributed by atoms with van der Waals surface area (Å²) in [7, 11) is 1.69. The van der Waals surface area contributed by atoms with Crippen molar-refractivity contribution in [1.29, 1.82) is 0 Å². The van der Waals surface area contributed by atoms with E-state index in [1.165, 1.54) is 6.42 Å². The van der Waals surface area contributed by atoms with Gasteiger partial charge in [0, 0.05) is 25.9 Å². The largest absolute Gasteiger partial charge is 0.382 e. The second-order valence-electron chi connectivity index (χ2n) is 4.60. The molecule has 4 heteroatoms. The van der Waals surface area contributed by atoms with Crippen LogP contribution in [0.15, 0.2) is 0 Å². The average molecular weight is 231 g/mol. The number of ether oxygens (including phenoxy) is 3. The molecule has 0 radical (unpaired) electrons. The molecule has 96 valence electrons. The van der Waals surface area contributed by atoms with Crippen LogP contribution in [-0.4, -0.2) is 52.2 Å². The lowest BCUT2D eigenvalue weighted by Crippen LogP contribution is -2.49. The predicted molar refractivity (Wildman–Crippen MR) is 63.8 cm³/mol. The number of hydrogen-bond donors (Lipinski definition) is 1. The Labute approximate surface area is 98.6 Å². The number of nitrogens with one attached hydrogen (secondary N) is 1. The summed E-state index contributed by atoms with van der Waals surface area (Å²) in [5.41, 5.74) is 0.171. The summed E-state index contributed by atoms with van der Waals surface area (Å²) >= 11 is 0. The minimum atomic E-state index is 0.171. The maximum Gasteiger partial charge on any atom is 0.0700 e. The minimum Gasteiger partial charge on any atom is -0.382 e. The van der Waals surface area contributed by atoms with Gasteiger partial charge < -0.3 is 19.5 Å². The van der Waals surface area contributed by atoms with E-state index in [4.69, 9.17) is 14.2 Å². The fourth-order valence-corrected chi connectivity index (χ4v) is 1.88. The second kappa shape index (κ2) is 8.01. The van der Waals surface area contributed by atoms with Gasteiger partial charge in [-0.25, -0.2) is 0 Å². The van der Waals surface area contributed by atoms with Crippen LogP contribution in [0.5, 0.6) is 0 Å². The number of rotatable bonds is 8. The van der Waals surface area contributed by atoms with Crippen LogP contribution < -0.4 is 5.32 Å². The summed E-state index contributed by atoms with van der Waals surface area (Å²) in [6.45, 7) is 7.14. The van der Waals surface area contributed by atoms with Crippen molar-refractivity contribution in [3.63, 3.8) is 0 Å². The highest BCUT2D eigenvalue weighted by molar-refractivity contribution is 4.84. The molecule has 1 rings (SSSR count). The van der Waals surface area contributed by atoms with Gasteiger partial charge in [0.15, 0.2) is 0 Å². The molecule has 0 aliphatic carbocycles. The molecule has 0 aromatic heterocycles. The van der Waals surface area contributed by atoms with E-state index in [-0.39, 0.29) is 5.54 Å². The van der Waals surface area contributed by atoms with Gasteiger partial charge in [-0.15, -0.1) is 0 Å². The summed E-state index contributed by atoms with van der Waals surface area (Å²) in [5, 5.41) is 3.55. The first-order chi connectivity index (χ1) is 7.77. The SMILES string of the molecule is COCCOCCCNC1(C)CCCOC1. The molecule has 4 nitrogen and oxygen atoms in total. The van der Waals surface area contributed by atoms with Crippen LogP contribution in [-0.2, 0) is 14.2 Å². The average Bonchev–Trinajstić information content (AvgIpc) is 2.29. The molecular formula is C12H25NO3. The molecule has 1 N–H and O–H groups in total. The van der Waals surface area contributed by atoms with Gasteiger partial charge in [0.1, 0.15) is 0 Å². The molecule has 0 amide bonds. The maximum absolute atomic E-state index is 5.48. The molecule has 1 heterocycles. The van der Waals surface area contributed by atoms with Crippen LogP contribution in [0, 0.1) is 0 Å². The van der Waals surface area contributed by atoms with Crippen LogP contribution in [0.2, 0.25) is 0 Å². The van der Waals surface area contributed by atoms with Gasteiger partial charge in [0.25, 0.3) is 0 Å². The van der Waals surface area contributed by atoms with Crippen molar-refractivity contribution in [2.24, 2.45) is 0 Å². The molecule has 0 spiro atoms. The fraction of sp³-hybridized carbons (Fsp3) is 1.00. The molecule has 0 bridgehead atoms. The lowest BCUT2D eigenvalue weighted by Gasteiger charge is -2.34. The van der Waals surface area contributed by atoms with Crippen LogP contribution in [0.1, 0.15) is 26.2 Å². The molecule has 1 fully saturated rings. The lowest BCUT2D eigenvalue weighted by atomic mass is 9.95. The third-order valence-electron chi connectivity index (χ3n) is 2.89. The van der Waals surface area contributed by atoms with Crippen LogP contribution in [0.4, 0.5) is 0 Å². The molecule has 0 aromatic carbocycles. The zero-order chi connectivity index (χ0) is 11.7. The van der Waals surface area contributed by atoms with Crippen molar-refractivity contribution < 1.29 is 14.2 Å². The molecule has 0 aromatic rings. The van der Waals surface area contributed by atoms with E-state index in [0.717, 1.165) is 39.2 Å². The molecule has 1 aliphatic rings. The van der Waals surface area contributed by atoms with Gasteiger partial charge in [-0.3, -0.25) is 0 Å². The third-order valence-corrected chi connectivity index (χ3v) is 2.89. The molecule has 0 saturated carbocycles. The van der Waals surface area contributed by atoms with Gasteiger partial charge in [0.05, 0.1) is 19.8 Å². The fourth-order valence-electron chi connectivity index (χ4n) is 1.88. The third kappa shape index (κ3) is 5.80. The van der Waals surface area contributed by atoms with E-state index < -0.39 is 0 Å². The zero-order valence-corrected chi connectivity index (χ0v) is 10.6. The van der Waals surface area contributed by atoms with Gasteiger partial charge >= 0.3 is 0 Å².